The number of carbonyl (C=O) groups excluding carboxylic acids is 1. The number of rotatable bonds is 2. The van der Waals surface area contributed by atoms with E-state index in [2.05, 4.69) is 15.2 Å². The van der Waals surface area contributed by atoms with Crippen LogP contribution in [-0.2, 0) is 4.79 Å². The molecule has 3 rings (SSSR count). The summed E-state index contributed by atoms with van der Waals surface area (Å²) in [7, 11) is 0. The Morgan fingerprint density at radius 3 is 2.76 bits per heavy atom. The fourth-order valence-electron chi connectivity index (χ4n) is 2.17. The number of amides is 1. The first-order chi connectivity index (χ1) is 9.84. The monoisotopic (exact) mass is 307 g/mol. The highest BCUT2D eigenvalue weighted by atomic mass is 32.1. The summed E-state index contributed by atoms with van der Waals surface area (Å²) in [6.45, 7) is 7.14. The molecular formula is C15H18FN3OS. The Bertz CT molecular complexity index is 686. The lowest BCUT2D eigenvalue weighted by Crippen LogP contribution is -2.60. The summed E-state index contributed by atoms with van der Waals surface area (Å²) in [4.78, 5) is 18.3. The van der Waals surface area contributed by atoms with Gasteiger partial charge in [-0.25, -0.2) is 9.37 Å². The Labute approximate surface area is 127 Å². The third-order valence-electron chi connectivity index (χ3n) is 3.53. The Balaban J connectivity index is 1.65. The minimum atomic E-state index is -0.376. The smallest absolute Gasteiger partial charge is 0.225 e. The molecule has 1 aliphatic rings. The molecule has 2 aromatic rings. The van der Waals surface area contributed by atoms with Crippen LogP contribution in [-0.4, -0.2) is 30.0 Å². The maximum absolute atomic E-state index is 13.6. The summed E-state index contributed by atoms with van der Waals surface area (Å²) in [5.41, 5.74) is 0.0547. The minimum Gasteiger partial charge on any atom is -0.349 e. The number of nitrogens with zero attached hydrogens (tertiary/aromatic N) is 2. The lowest BCUT2D eigenvalue weighted by Gasteiger charge is -2.40. The number of hydrogen-bond acceptors (Lipinski definition) is 4. The summed E-state index contributed by atoms with van der Waals surface area (Å²) in [6, 6.07) is 5.14. The number of para-hydroxylation sites is 1. The molecule has 4 nitrogen and oxygen atoms in total. The van der Waals surface area contributed by atoms with E-state index in [1.165, 1.54) is 17.4 Å². The first-order valence-electron chi connectivity index (χ1n) is 6.95. The molecule has 1 amide bonds. The van der Waals surface area contributed by atoms with E-state index in [4.69, 9.17) is 0 Å². The predicted molar refractivity (Wildman–Crippen MR) is 83.2 cm³/mol. The van der Waals surface area contributed by atoms with Crippen LogP contribution in [0.5, 0.6) is 0 Å². The fourth-order valence-corrected chi connectivity index (χ4v) is 3.16. The molecule has 0 atom stereocenters. The highest BCUT2D eigenvalue weighted by molar-refractivity contribution is 7.22. The first-order valence-corrected chi connectivity index (χ1v) is 7.77. The van der Waals surface area contributed by atoms with E-state index in [-0.39, 0.29) is 23.2 Å². The van der Waals surface area contributed by atoms with Gasteiger partial charge in [0, 0.05) is 18.5 Å². The number of fused-ring (bicyclic) bond motifs is 1. The van der Waals surface area contributed by atoms with Crippen molar-refractivity contribution in [3.8, 4) is 0 Å². The highest BCUT2D eigenvalue weighted by Gasteiger charge is 2.33. The standard InChI is InChI=1S/C15H18FN3OS/c1-15(2,3)13(20)17-9-7-19(8-9)14-18-12-10(16)5-4-6-11(12)21-14/h4-6,9H,7-8H2,1-3H3,(H,17,20). The van der Waals surface area contributed by atoms with E-state index < -0.39 is 0 Å². The second-order valence-electron chi connectivity index (χ2n) is 6.41. The summed E-state index contributed by atoms with van der Waals surface area (Å²) >= 11 is 1.48. The Morgan fingerprint density at radius 1 is 1.43 bits per heavy atom. The molecule has 1 aromatic heterocycles. The average molecular weight is 307 g/mol. The van der Waals surface area contributed by atoms with Gasteiger partial charge in [-0.15, -0.1) is 0 Å². The number of carbonyl (C=O) groups is 1. The van der Waals surface area contributed by atoms with E-state index in [0.717, 1.165) is 22.9 Å². The van der Waals surface area contributed by atoms with Gasteiger partial charge in [0.2, 0.25) is 5.91 Å². The van der Waals surface area contributed by atoms with Gasteiger partial charge in [0.1, 0.15) is 11.3 Å². The first kappa shape index (κ1) is 14.3. The third-order valence-corrected chi connectivity index (χ3v) is 4.61. The number of anilines is 1. The molecule has 0 aliphatic carbocycles. The van der Waals surface area contributed by atoms with Crippen molar-refractivity contribution >= 4 is 32.6 Å². The van der Waals surface area contributed by atoms with Crippen LogP contribution in [0, 0.1) is 11.2 Å². The van der Waals surface area contributed by atoms with Crippen molar-refractivity contribution in [2.45, 2.75) is 26.8 Å². The highest BCUT2D eigenvalue weighted by Crippen LogP contribution is 2.32. The topological polar surface area (TPSA) is 45.2 Å². The van der Waals surface area contributed by atoms with Gasteiger partial charge in [0.05, 0.1) is 10.7 Å². The van der Waals surface area contributed by atoms with Crippen LogP contribution in [0.3, 0.4) is 0 Å². The normalized spacial score (nSPS) is 16.1. The molecule has 1 N–H and O–H groups in total. The fraction of sp³-hybridized carbons (Fsp3) is 0.467. The zero-order valence-corrected chi connectivity index (χ0v) is 13.1. The molecule has 0 bridgehead atoms. The molecule has 0 unspecified atom stereocenters. The van der Waals surface area contributed by atoms with Crippen molar-refractivity contribution in [1.29, 1.82) is 0 Å². The van der Waals surface area contributed by atoms with Gasteiger partial charge in [-0.2, -0.15) is 0 Å². The van der Waals surface area contributed by atoms with E-state index in [1.807, 2.05) is 26.8 Å². The van der Waals surface area contributed by atoms with Gasteiger partial charge in [-0.3, -0.25) is 4.79 Å². The number of thiazole rings is 1. The number of benzene rings is 1. The van der Waals surface area contributed by atoms with Crippen LogP contribution < -0.4 is 10.2 Å². The van der Waals surface area contributed by atoms with Crippen molar-refractivity contribution in [2.75, 3.05) is 18.0 Å². The lowest BCUT2D eigenvalue weighted by molar-refractivity contribution is -0.129. The zero-order chi connectivity index (χ0) is 15.2. The summed E-state index contributed by atoms with van der Waals surface area (Å²) < 4.78 is 14.5. The van der Waals surface area contributed by atoms with Crippen LogP contribution in [0.2, 0.25) is 0 Å². The molecule has 1 aliphatic heterocycles. The molecule has 112 valence electrons. The molecule has 21 heavy (non-hydrogen) atoms. The maximum Gasteiger partial charge on any atom is 0.225 e. The lowest BCUT2D eigenvalue weighted by atomic mass is 9.94. The molecule has 0 saturated carbocycles. The van der Waals surface area contributed by atoms with Crippen LogP contribution in [0.1, 0.15) is 20.8 Å². The van der Waals surface area contributed by atoms with Gasteiger partial charge < -0.3 is 10.2 Å². The predicted octanol–water partition coefficient (Wildman–Crippen LogP) is 2.79. The van der Waals surface area contributed by atoms with Crippen molar-refractivity contribution in [3.63, 3.8) is 0 Å². The van der Waals surface area contributed by atoms with Crippen molar-refractivity contribution < 1.29 is 9.18 Å². The molecule has 1 fully saturated rings. The second-order valence-corrected chi connectivity index (χ2v) is 7.42. The zero-order valence-electron chi connectivity index (χ0n) is 12.3. The van der Waals surface area contributed by atoms with Crippen LogP contribution >= 0.6 is 11.3 Å². The van der Waals surface area contributed by atoms with Gasteiger partial charge in [-0.1, -0.05) is 38.2 Å². The minimum absolute atomic E-state index is 0.0579. The molecule has 6 heteroatoms. The summed E-state index contributed by atoms with van der Waals surface area (Å²) in [5, 5.41) is 3.84. The quantitative estimate of drug-likeness (QED) is 0.928. The van der Waals surface area contributed by atoms with Crippen molar-refractivity contribution in [3.05, 3.63) is 24.0 Å². The number of nitrogens with one attached hydrogen (secondary N) is 1. The molecule has 0 radical (unpaired) electrons. The molecule has 1 saturated heterocycles. The maximum atomic E-state index is 13.6. The average Bonchev–Trinajstić information content (AvgIpc) is 2.76. The molecule has 2 heterocycles. The Hall–Kier alpha value is -1.69. The largest absolute Gasteiger partial charge is 0.349 e. The number of hydrogen-bond donors (Lipinski definition) is 1. The van der Waals surface area contributed by atoms with Gasteiger partial charge in [-0.05, 0) is 12.1 Å². The van der Waals surface area contributed by atoms with E-state index in [9.17, 15) is 9.18 Å². The van der Waals surface area contributed by atoms with Gasteiger partial charge >= 0.3 is 0 Å². The van der Waals surface area contributed by atoms with Gasteiger partial charge in [0.25, 0.3) is 0 Å². The van der Waals surface area contributed by atoms with Crippen LogP contribution in [0.4, 0.5) is 9.52 Å². The van der Waals surface area contributed by atoms with Crippen LogP contribution in [0.15, 0.2) is 18.2 Å². The second kappa shape index (κ2) is 4.94. The molecular weight excluding hydrogens is 289 g/mol. The number of aromatic nitrogens is 1. The summed E-state index contributed by atoms with van der Waals surface area (Å²) in [5.74, 6) is -0.226. The van der Waals surface area contributed by atoms with Crippen LogP contribution in [0.25, 0.3) is 10.2 Å². The van der Waals surface area contributed by atoms with Crippen molar-refractivity contribution in [1.82, 2.24) is 10.3 Å². The SMILES string of the molecule is CC(C)(C)C(=O)NC1CN(c2nc3c(F)cccc3s2)C1. The summed E-state index contributed by atoms with van der Waals surface area (Å²) in [6.07, 6.45) is 0. The third kappa shape index (κ3) is 2.72. The van der Waals surface area contributed by atoms with E-state index in [1.54, 1.807) is 6.07 Å². The van der Waals surface area contributed by atoms with E-state index >= 15 is 0 Å². The van der Waals surface area contributed by atoms with Crippen molar-refractivity contribution in [2.24, 2.45) is 5.41 Å². The molecule has 1 aromatic carbocycles. The van der Waals surface area contributed by atoms with E-state index in [0.29, 0.717) is 5.52 Å². The Kier molecular flexibility index (Phi) is 3.36. The number of halogens is 1. The Morgan fingerprint density at radius 2 is 2.14 bits per heavy atom. The van der Waals surface area contributed by atoms with Gasteiger partial charge in [0.15, 0.2) is 5.13 Å². The molecule has 0 spiro atoms.